The Balaban J connectivity index is 2.05. The van der Waals surface area contributed by atoms with E-state index >= 15 is 0 Å². The summed E-state index contributed by atoms with van der Waals surface area (Å²) in [5.41, 5.74) is 2.12. The zero-order valence-corrected chi connectivity index (χ0v) is 14.7. The highest BCUT2D eigenvalue weighted by atomic mass is 35.5. The van der Waals surface area contributed by atoms with Crippen LogP contribution in [0.4, 0.5) is 0 Å². The summed E-state index contributed by atoms with van der Waals surface area (Å²) in [7, 11) is -3.68. The number of aromatic nitrogens is 1. The lowest BCUT2D eigenvalue weighted by Crippen LogP contribution is -2.03. The molecule has 1 aromatic heterocycles. The molecule has 0 radical (unpaired) electrons. The molecule has 0 unspecified atom stereocenters. The van der Waals surface area contributed by atoms with Crippen LogP contribution >= 0.6 is 11.6 Å². The molecule has 0 atom stereocenters. The van der Waals surface area contributed by atoms with Gasteiger partial charge in [-0.05, 0) is 35.9 Å². The monoisotopic (exact) mass is 367 g/mol. The minimum absolute atomic E-state index is 0.273. The minimum atomic E-state index is -3.68. The lowest BCUT2D eigenvalue weighted by Gasteiger charge is -2.07. The molecule has 0 aliphatic rings. The quantitative estimate of drug-likeness (QED) is 0.532. The molecule has 0 fully saturated rings. The third-order valence-electron chi connectivity index (χ3n) is 4.11. The number of fused-ring (bicyclic) bond motifs is 1. The van der Waals surface area contributed by atoms with E-state index in [1.807, 2.05) is 36.4 Å². The number of halogens is 1. The number of sulfone groups is 1. The molecule has 0 aliphatic carbocycles. The van der Waals surface area contributed by atoms with Gasteiger partial charge in [0.05, 0.1) is 10.6 Å². The number of benzene rings is 3. The van der Waals surface area contributed by atoms with Gasteiger partial charge in [-0.25, -0.2) is 8.42 Å². The molecular formula is C20H14ClNO2S. The Morgan fingerprint density at radius 1 is 0.760 bits per heavy atom. The summed E-state index contributed by atoms with van der Waals surface area (Å²) in [5, 5.41) is 1.28. The molecule has 25 heavy (non-hydrogen) atoms. The van der Waals surface area contributed by atoms with E-state index in [2.05, 4.69) is 4.98 Å². The van der Waals surface area contributed by atoms with Gasteiger partial charge in [-0.15, -0.1) is 0 Å². The molecule has 5 heteroatoms. The van der Waals surface area contributed by atoms with Crippen molar-refractivity contribution in [3.8, 4) is 11.3 Å². The van der Waals surface area contributed by atoms with E-state index in [0.717, 1.165) is 11.1 Å². The normalized spacial score (nSPS) is 11.7. The highest BCUT2D eigenvalue weighted by molar-refractivity contribution is 7.91. The molecule has 0 amide bonds. The summed E-state index contributed by atoms with van der Waals surface area (Å²) < 4.78 is 26.6. The van der Waals surface area contributed by atoms with Crippen LogP contribution in [0.2, 0.25) is 5.02 Å². The molecule has 0 spiro atoms. The SMILES string of the molecule is O=S(=O)(c1ccccc1)c1c(-c2ccc(Cl)cc2)[nH]c2ccccc12. The molecule has 4 rings (SSSR count). The molecule has 0 saturated heterocycles. The van der Waals surface area contributed by atoms with Crippen molar-refractivity contribution in [2.24, 2.45) is 0 Å². The van der Waals surface area contributed by atoms with Gasteiger partial charge in [-0.2, -0.15) is 0 Å². The number of nitrogens with one attached hydrogen (secondary N) is 1. The summed E-state index contributed by atoms with van der Waals surface area (Å²) >= 11 is 5.97. The van der Waals surface area contributed by atoms with Crippen LogP contribution in [-0.4, -0.2) is 13.4 Å². The van der Waals surface area contributed by atoms with Crippen molar-refractivity contribution >= 4 is 32.3 Å². The van der Waals surface area contributed by atoms with Crippen LogP contribution in [0.3, 0.4) is 0 Å². The zero-order valence-electron chi connectivity index (χ0n) is 13.1. The van der Waals surface area contributed by atoms with Gasteiger partial charge >= 0.3 is 0 Å². The van der Waals surface area contributed by atoms with Gasteiger partial charge in [0.25, 0.3) is 0 Å². The molecule has 1 heterocycles. The van der Waals surface area contributed by atoms with Crippen molar-refractivity contribution in [1.29, 1.82) is 0 Å². The van der Waals surface area contributed by atoms with Gasteiger partial charge in [0.2, 0.25) is 9.84 Å². The minimum Gasteiger partial charge on any atom is -0.353 e. The first-order valence-corrected chi connectivity index (χ1v) is 9.60. The van der Waals surface area contributed by atoms with Gasteiger partial charge < -0.3 is 4.98 Å². The van der Waals surface area contributed by atoms with Crippen molar-refractivity contribution in [3.05, 3.63) is 83.9 Å². The van der Waals surface area contributed by atoms with Gasteiger partial charge in [0, 0.05) is 15.9 Å². The Bertz CT molecular complexity index is 1150. The predicted molar refractivity (Wildman–Crippen MR) is 101 cm³/mol. The van der Waals surface area contributed by atoms with Crippen molar-refractivity contribution in [2.75, 3.05) is 0 Å². The number of rotatable bonds is 3. The van der Waals surface area contributed by atoms with Crippen LogP contribution in [0, 0.1) is 0 Å². The third-order valence-corrected chi connectivity index (χ3v) is 6.22. The fraction of sp³-hybridized carbons (Fsp3) is 0. The Labute approximate surface area is 150 Å². The van der Waals surface area contributed by atoms with E-state index < -0.39 is 9.84 Å². The fourth-order valence-corrected chi connectivity index (χ4v) is 4.71. The van der Waals surface area contributed by atoms with E-state index in [1.54, 1.807) is 42.5 Å². The van der Waals surface area contributed by atoms with E-state index in [9.17, 15) is 8.42 Å². The molecule has 0 bridgehead atoms. The number of para-hydroxylation sites is 1. The first kappa shape index (κ1) is 15.9. The van der Waals surface area contributed by atoms with E-state index in [0.29, 0.717) is 16.1 Å². The second-order valence-corrected chi connectivity index (χ2v) is 8.02. The number of hydrogen-bond donors (Lipinski definition) is 1. The summed E-state index contributed by atoms with van der Waals surface area (Å²) in [6.45, 7) is 0. The number of aromatic amines is 1. The number of H-pyrrole nitrogens is 1. The standard InChI is InChI=1S/C20H14ClNO2S/c21-15-12-10-14(11-13-15)19-20(17-8-4-5-9-18(17)22-19)25(23,24)16-6-2-1-3-7-16/h1-13,22H. The second-order valence-electron chi connectivity index (χ2n) is 5.70. The van der Waals surface area contributed by atoms with Crippen molar-refractivity contribution in [3.63, 3.8) is 0 Å². The molecule has 4 aromatic rings. The van der Waals surface area contributed by atoms with E-state index in [1.165, 1.54) is 0 Å². The Hall–Kier alpha value is -2.56. The lowest BCUT2D eigenvalue weighted by atomic mass is 10.1. The van der Waals surface area contributed by atoms with Crippen molar-refractivity contribution in [1.82, 2.24) is 4.98 Å². The van der Waals surface area contributed by atoms with Crippen LogP contribution < -0.4 is 0 Å². The summed E-state index contributed by atoms with van der Waals surface area (Å²) in [4.78, 5) is 3.82. The lowest BCUT2D eigenvalue weighted by molar-refractivity contribution is 0.597. The van der Waals surface area contributed by atoms with Crippen LogP contribution in [-0.2, 0) is 9.84 Å². The summed E-state index contributed by atoms with van der Waals surface area (Å²) in [6.07, 6.45) is 0. The van der Waals surface area contributed by atoms with Gasteiger partial charge in [-0.3, -0.25) is 0 Å². The first-order chi connectivity index (χ1) is 12.1. The van der Waals surface area contributed by atoms with Crippen LogP contribution in [0.25, 0.3) is 22.2 Å². The molecule has 3 nitrogen and oxygen atoms in total. The molecular weight excluding hydrogens is 354 g/mol. The van der Waals surface area contributed by atoms with E-state index in [-0.39, 0.29) is 9.79 Å². The summed E-state index contributed by atoms with van der Waals surface area (Å²) in [5.74, 6) is 0. The average Bonchev–Trinajstić information content (AvgIpc) is 3.03. The Morgan fingerprint density at radius 2 is 1.40 bits per heavy atom. The maximum Gasteiger partial charge on any atom is 0.209 e. The molecule has 124 valence electrons. The molecule has 0 aliphatic heterocycles. The van der Waals surface area contributed by atoms with Gasteiger partial charge in [0.15, 0.2) is 0 Å². The van der Waals surface area contributed by atoms with Crippen LogP contribution in [0.15, 0.2) is 88.7 Å². The van der Waals surface area contributed by atoms with Crippen molar-refractivity contribution in [2.45, 2.75) is 9.79 Å². The van der Waals surface area contributed by atoms with Crippen LogP contribution in [0.1, 0.15) is 0 Å². The Morgan fingerprint density at radius 3 is 2.12 bits per heavy atom. The summed E-state index contributed by atoms with van der Waals surface area (Å²) in [6, 6.07) is 23.0. The van der Waals surface area contributed by atoms with Crippen molar-refractivity contribution < 1.29 is 8.42 Å². The highest BCUT2D eigenvalue weighted by Crippen LogP contribution is 2.37. The third kappa shape index (κ3) is 2.73. The van der Waals surface area contributed by atoms with E-state index in [4.69, 9.17) is 11.6 Å². The average molecular weight is 368 g/mol. The first-order valence-electron chi connectivity index (χ1n) is 7.74. The number of hydrogen-bond acceptors (Lipinski definition) is 2. The largest absolute Gasteiger partial charge is 0.353 e. The zero-order chi connectivity index (χ0) is 17.4. The predicted octanol–water partition coefficient (Wildman–Crippen LogP) is 5.32. The van der Waals surface area contributed by atoms with Gasteiger partial charge in [-0.1, -0.05) is 60.1 Å². The topological polar surface area (TPSA) is 49.9 Å². The molecule has 3 aromatic carbocycles. The van der Waals surface area contributed by atoms with Gasteiger partial charge in [0.1, 0.15) is 4.90 Å². The molecule has 0 saturated carbocycles. The maximum atomic E-state index is 13.3. The second kappa shape index (κ2) is 6.06. The Kier molecular flexibility index (Phi) is 3.86. The maximum absolute atomic E-state index is 13.3. The highest BCUT2D eigenvalue weighted by Gasteiger charge is 2.26. The molecule has 1 N–H and O–H groups in total. The smallest absolute Gasteiger partial charge is 0.209 e. The van der Waals surface area contributed by atoms with Crippen LogP contribution in [0.5, 0.6) is 0 Å². The fourth-order valence-electron chi connectivity index (χ4n) is 2.93.